The number of nitrogens with zero attached hydrogens (tertiary/aromatic N) is 1. The molecule has 5 nitrogen and oxygen atoms in total. The number of nitrogens with one attached hydrogen (secondary N) is 1. The molecular weight excluding hydrogens is 451 g/mol. The minimum Gasteiger partial charge on any atom is -0.483 e. The summed E-state index contributed by atoms with van der Waals surface area (Å²) >= 11 is 3.54. The van der Waals surface area contributed by atoms with Crippen LogP contribution in [-0.4, -0.2) is 36.4 Å². The van der Waals surface area contributed by atoms with E-state index in [9.17, 15) is 14.0 Å². The zero-order valence-electron chi connectivity index (χ0n) is 16.7. The first-order valence-electron chi connectivity index (χ1n) is 9.46. The van der Waals surface area contributed by atoms with Crippen LogP contribution >= 0.6 is 15.9 Å². The Morgan fingerprint density at radius 2 is 1.80 bits per heavy atom. The Hall–Kier alpha value is -2.93. The van der Waals surface area contributed by atoms with Gasteiger partial charge in [0.25, 0.3) is 5.91 Å². The lowest BCUT2D eigenvalue weighted by molar-refractivity contribution is -0.142. The molecular formula is C23H22BrFN2O3. The number of hydrogen-bond acceptors (Lipinski definition) is 3. The molecule has 3 aromatic carbocycles. The molecule has 3 rings (SSSR count). The third kappa shape index (κ3) is 4.97. The molecule has 0 unspecified atom stereocenters. The van der Waals surface area contributed by atoms with Crippen molar-refractivity contribution in [3.8, 4) is 5.75 Å². The Balaban J connectivity index is 1.78. The number of hydrogen-bond donors (Lipinski definition) is 1. The Labute approximate surface area is 183 Å². The summed E-state index contributed by atoms with van der Waals surface area (Å²) in [5.41, 5.74) is 0.715. The highest BCUT2D eigenvalue weighted by atomic mass is 79.9. The van der Waals surface area contributed by atoms with Crippen molar-refractivity contribution in [2.45, 2.75) is 19.5 Å². The summed E-state index contributed by atoms with van der Waals surface area (Å²) in [7, 11) is 1.52. The first kappa shape index (κ1) is 21.8. The van der Waals surface area contributed by atoms with Crippen molar-refractivity contribution < 1.29 is 18.7 Å². The minimum absolute atomic E-state index is 0.163. The molecule has 0 aromatic heterocycles. The molecule has 0 aliphatic heterocycles. The van der Waals surface area contributed by atoms with Gasteiger partial charge in [-0.1, -0.05) is 42.5 Å². The van der Waals surface area contributed by atoms with Gasteiger partial charge in [-0.2, -0.15) is 0 Å². The molecule has 0 heterocycles. The third-order valence-corrected chi connectivity index (χ3v) is 5.68. The van der Waals surface area contributed by atoms with Gasteiger partial charge in [-0.05, 0) is 57.4 Å². The van der Waals surface area contributed by atoms with Crippen LogP contribution < -0.4 is 10.1 Å². The maximum Gasteiger partial charge on any atom is 0.261 e. The normalized spacial score (nSPS) is 11.7. The number of carbonyl (C=O) groups excluding carboxylic acids is 2. The number of carbonyl (C=O) groups is 2. The van der Waals surface area contributed by atoms with Crippen LogP contribution in [0.2, 0.25) is 0 Å². The van der Waals surface area contributed by atoms with Crippen molar-refractivity contribution in [3.63, 3.8) is 0 Å². The fourth-order valence-electron chi connectivity index (χ4n) is 3.13. The van der Waals surface area contributed by atoms with Gasteiger partial charge in [-0.25, -0.2) is 4.39 Å². The van der Waals surface area contributed by atoms with Gasteiger partial charge in [-0.15, -0.1) is 0 Å². The van der Waals surface area contributed by atoms with E-state index in [1.54, 1.807) is 25.1 Å². The number of likely N-dealkylation sites (N-methyl/N-ethyl adjacent to an activating group) is 1. The van der Waals surface area contributed by atoms with Crippen LogP contribution in [0.25, 0.3) is 10.8 Å². The van der Waals surface area contributed by atoms with Crippen LogP contribution in [0.3, 0.4) is 0 Å². The van der Waals surface area contributed by atoms with E-state index in [-0.39, 0.29) is 30.8 Å². The average molecular weight is 473 g/mol. The van der Waals surface area contributed by atoms with Gasteiger partial charge in [0, 0.05) is 13.6 Å². The summed E-state index contributed by atoms with van der Waals surface area (Å²) in [4.78, 5) is 26.5. The molecule has 1 atom stereocenters. The monoisotopic (exact) mass is 472 g/mol. The molecule has 0 spiro atoms. The highest BCUT2D eigenvalue weighted by Crippen LogP contribution is 2.33. The van der Waals surface area contributed by atoms with E-state index in [4.69, 9.17) is 4.74 Å². The summed E-state index contributed by atoms with van der Waals surface area (Å²) < 4.78 is 19.8. The number of benzene rings is 3. The summed E-state index contributed by atoms with van der Waals surface area (Å²) in [5, 5.41) is 4.58. The number of ether oxygens (including phenoxy) is 1. The minimum atomic E-state index is -0.712. The van der Waals surface area contributed by atoms with Crippen molar-refractivity contribution in [1.29, 1.82) is 0 Å². The quantitative estimate of drug-likeness (QED) is 0.558. The lowest BCUT2D eigenvalue weighted by Crippen LogP contribution is -2.48. The number of rotatable bonds is 7. The second-order valence-corrected chi connectivity index (χ2v) is 7.62. The number of fused-ring (bicyclic) bond motifs is 1. The van der Waals surface area contributed by atoms with Crippen LogP contribution in [0.15, 0.2) is 65.1 Å². The number of halogens is 2. The van der Waals surface area contributed by atoms with Gasteiger partial charge in [0.2, 0.25) is 5.91 Å². The zero-order valence-corrected chi connectivity index (χ0v) is 18.3. The summed E-state index contributed by atoms with van der Waals surface area (Å²) in [6.07, 6.45) is 0. The van der Waals surface area contributed by atoms with Crippen molar-refractivity contribution in [2.75, 3.05) is 13.7 Å². The second kappa shape index (κ2) is 9.71. The van der Waals surface area contributed by atoms with Crippen LogP contribution in [0.5, 0.6) is 5.75 Å². The molecule has 0 radical (unpaired) electrons. The molecule has 0 saturated carbocycles. The van der Waals surface area contributed by atoms with Gasteiger partial charge in [0.15, 0.2) is 6.61 Å². The van der Waals surface area contributed by atoms with Gasteiger partial charge in [-0.3, -0.25) is 9.59 Å². The summed E-state index contributed by atoms with van der Waals surface area (Å²) in [6.45, 7) is 1.57. The Bertz CT molecular complexity index is 1060. The molecule has 30 heavy (non-hydrogen) atoms. The summed E-state index contributed by atoms with van der Waals surface area (Å²) in [6, 6.07) is 16.7. The molecule has 1 N–H and O–H groups in total. The average Bonchev–Trinajstić information content (AvgIpc) is 2.77. The highest BCUT2D eigenvalue weighted by molar-refractivity contribution is 9.10. The van der Waals surface area contributed by atoms with Crippen molar-refractivity contribution >= 4 is 38.5 Å². The van der Waals surface area contributed by atoms with E-state index >= 15 is 0 Å². The van der Waals surface area contributed by atoms with E-state index in [0.29, 0.717) is 11.3 Å². The maximum atomic E-state index is 13.2. The third-order valence-electron chi connectivity index (χ3n) is 4.86. The van der Waals surface area contributed by atoms with Crippen molar-refractivity contribution in [3.05, 3.63) is 76.5 Å². The van der Waals surface area contributed by atoms with E-state index in [0.717, 1.165) is 15.2 Å². The van der Waals surface area contributed by atoms with Gasteiger partial charge >= 0.3 is 0 Å². The van der Waals surface area contributed by atoms with Gasteiger partial charge in [0.1, 0.15) is 17.6 Å². The maximum absolute atomic E-state index is 13.2. The first-order valence-corrected chi connectivity index (χ1v) is 10.3. The fraction of sp³-hybridized carbons (Fsp3) is 0.217. The Morgan fingerprint density at radius 3 is 2.50 bits per heavy atom. The van der Waals surface area contributed by atoms with E-state index in [2.05, 4.69) is 21.2 Å². The smallest absolute Gasteiger partial charge is 0.261 e. The lowest BCUT2D eigenvalue weighted by Gasteiger charge is -2.28. The molecule has 7 heteroatoms. The molecule has 156 valence electrons. The van der Waals surface area contributed by atoms with Crippen LogP contribution in [-0.2, 0) is 16.1 Å². The predicted octanol–water partition coefficient (Wildman–Crippen LogP) is 4.28. The molecule has 0 bridgehead atoms. The van der Waals surface area contributed by atoms with E-state index in [1.807, 2.05) is 30.3 Å². The molecule has 0 saturated heterocycles. The second-order valence-electron chi connectivity index (χ2n) is 6.83. The zero-order chi connectivity index (χ0) is 21.7. The SMILES string of the molecule is CNC(=O)[C@H](C)N(Cc1ccc(F)cc1)C(=O)COc1ccc2ccccc2c1Br. The number of amides is 2. The Morgan fingerprint density at radius 1 is 1.10 bits per heavy atom. The van der Waals surface area contributed by atoms with E-state index < -0.39 is 6.04 Å². The van der Waals surface area contributed by atoms with Crippen LogP contribution in [0, 0.1) is 5.82 Å². The van der Waals surface area contributed by atoms with Crippen molar-refractivity contribution in [2.24, 2.45) is 0 Å². The standard InChI is InChI=1S/C23H22BrFN2O3/c1-15(23(29)26-2)27(13-16-7-10-18(25)11-8-16)21(28)14-30-20-12-9-17-5-3-4-6-19(17)22(20)24/h3-12,15H,13-14H2,1-2H3,(H,26,29)/t15-/m0/s1. The van der Waals surface area contributed by atoms with Crippen molar-refractivity contribution in [1.82, 2.24) is 10.2 Å². The van der Waals surface area contributed by atoms with Crippen LogP contribution in [0.4, 0.5) is 4.39 Å². The molecule has 3 aromatic rings. The van der Waals surface area contributed by atoms with E-state index in [1.165, 1.54) is 24.1 Å². The molecule has 0 fully saturated rings. The largest absolute Gasteiger partial charge is 0.483 e. The van der Waals surface area contributed by atoms with Gasteiger partial charge < -0.3 is 15.0 Å². The Kier molecular flexibility index (Phi) is 7.05. The molecule has 0 aliphatic carbocycles. The fourth-order valence-corrected chi connectivity index (χ4v) is 3.73. The lowest BCUT2D eigenvalue weighted by atomic mass is 10.1. The first-order chi connectivity index (χ1) is 14.4. The predicted molar refractivity (Wildman–Crippen MR) is 118 cm³/mol. The molecule has 2 amide bonds. The summed E-state index contributed by atoms with van der Waals surface area (Å²) in [5.74, 6) is -0.468. The molecule has 0 aliphatic rings. The van der Waals surface area contributed by atoms with Crippen LogP contribution in [0.1, 0.15) is 12.5 Å². The topological polar surface area (TPSA) is 58.6 Å². The van der Waals surface area contributed by atoms with Gasteiger partial charge in [0.05, 0.1) is 4.47 Å². The highest BCUT2D eigenvalue weighted by Gasteiger charge is 2.26.